The molecule has 1 aliphatic heterocycles. The van der Waals surface area contributed by atoms with Crippen molar-refractivity contribution in [2.45, 2.75) is 6.04 Å². The lowest BCUT2D eigenvalue weighted by Gasteiger charge is -2.15. The molecule has 20 heavy (non-hydrogen) atoms. The average Bonchev–Trinajstić information content (AvgIpc) is 3.05. The molecule has 0 spiro atoms. The average molecular weight is 274 g/mol. The molecule has 3 N–H and O–H groups in total. The third-order valence-electron chi connectivity index (χ3n) is 3.53. The second kappa shape index (κ2) is 4.97. The summed E-state index contributed by atoms with van der Waals surface area (Å²) in [7, 11) is 0. The molecule has 1 aromatic carbocycles. The van der Waals surface area contributed by atoms with E-state index in [9.17, 15) is 9.59 Å². The van der Waals surface area contributed by atoms with Crippen LogP contribution in [0.4, 0.5) is 0 Å². The molecule has 1 aromatic heterocycles. The standard InChI is InChI=1S/C14H14N2O4/c17-13(16-12-7-20-6-10(12)14(18)19)9-2-1-8-3-4-15-11(8)5-9/h1-5,10,12,15H,6-7H2,(H,16,17)(H,18,19). The van der Waals surface area contributed by atoms with Gasteiger partial charge in [-0.1, -0.05) is 6.07 Å². The normalized spacial score (nSPS) is 22.0. The van der Waals surface area contributed by atoms with Gasteiger partial charge in [0.1, 0.15) is 5.92 Å². The van der Waals surface area contributed by atoms with Crippen molar-refractivity contribution in [3.8, 4) is 0 Å². The van der Waals surface area contributed by atoms with Crippen molar-refractivity contribution < 1.29 is 19.4 Å². The van der Waals surface area contributed by atoms with Crippen molar-refractivity contribution in [1.82, 2.24) is 10.3 Å². The zero-order chi connectivity index (χ0) is 14.1. The molecule has 6 nitrogen and oxygen atoms in total. The number of benzene rings is 1. The van der Waals surface area contributed by atoms with Gasteiger partial charge in [0.25, 0.3) is 5.91 Å². The summed E-state index contributed by atoms with van der Waals surface area (Å²) in [5.74, 6) is -1.93. The predicted octanol–water partition coefficient (Wildman–Crippen LogP) is 0.997. The summed E-state index contributed by atoms with van der Waals surface area (Å²) < 4.78 is 5.12. The van der Waals surface area contributed by atoms with Gasteiger partial charge in [0.05, 0.1) is 19.3 Å². The molecule has 3 rings (SSSR count). The van der Waals surface area contributed by atoms with Gasteiger partial charge in [-0.3, -0.25) is 9.59 Å². The molecular formula is C14H14N2O4. The van der Waals surface area contributed by atoms with Gasteiger partial charge in [0, 0.05) is 17.3 Å². The fraction of sp³-hybridized carbons (Fsp3) is 0.286. The molecule has 1 fully saturated rings. The van der Waals surface area contributed by atoms with E-state index in [0.29, 0.717) is 5.56 Å². The first-order valence-electron chi connectivity index (χ1n) is 6.34. The number of ether oxygens (including phenoxy) is 1. The minimum Gasteiger partial charge on any atom is -0.481 e. The molecule has 2 atom stereocenters. The molecular weight excluding hydrogens is 260 g/mol. The van der Waals surface area contributed by atoms with Crippen LogP contribution in [0.1, 0.15) is 10.4 Å². The monoisotopic (exact) mass is 274 g/mol. The number of hydrogen-bond acceptors (Lipinski definition) is 3. The third-order valence-corrected chi connectivity index (χ3v) is 3.53. The zero-order valence-electron chi connectivity index (χ0n) is 10.6. The SMILES string of the molecule is O=C(NC1COCC1C(=O)O)c1ccc2cc[nH]c2c1. The highest BCUT2D eigenvalue weighted by molar-refractivity contribution is 5.98. The van der Waals surface area contributed by atoms with E-state index in [1.165, 1.54) is 0 Å². The van der Waals surface area contributed by atoms with E-state index in [1.807, 2.05) is 12.1 Å². The van der Waals surface area contributed by atoms with E-state index in [-0.39, 0.29) is 19.1 Å². The maximum absolute atomic E-state index is 12.2. The van der Waals surface area contributed by atoms with E-state index in [2.05, 4.69) is 10.3 Å². The highest BCUT2D eigenvalue weighted by Crippen LogP contribution is 2.17. The molecule has 104 valence electrons. The second-order valence-corrected chi connectivity index (χ2v) is 4.84. The summed E-state index contributed by atoms with van der Waals surface area (Å²) in [6, 6.07) is 6.75. The lowest BCUT2D eigenvalue weighted by atomic mass is 10.0. The largest absolute Gasteiger partial charge is 0.481 e. The molecule has 0 radical (unpaired) electrons. The third kappa shape index (κ3) is 2.25. The Morgan fingerprint density at radius 3 is 2.95 bits per heavy atom. The number of fused-ring (bicyclic) bond motifs is 1. The van der Waals surface area contributed by atoms with Crippen LogP contribution in [0.3, 0.4) is 0 Å². The second-order valence-electron chi connectivity index (χ2n) is 4.84. The number of carboxylic acids is 1. The molecule has 2 heterocycles. The maximum Gasteiger partial charge on any atom is 0.311 e. The first-order chi connectivity index (χ1) is 9.65. The number of nitrogens with one attached hydrogen (secondary N) is 2. The summed E-state index contributed by atoms with van der Waals surface area (Å²) in [5, 5.41) is 12.8. The smallest absolute Gasteiger partial charge is 0.311 e. The van der Waals surface area contributed by atoms with E-state index in [0.717, 1.165) is 10.9 Å². The molecule has 0 saturated carbocycles. The van der Waals surface area contributed by atoms with Crippen LogP contribution < -0.4 is 5.32 Å². The van der Waals surface area contributed by atoms with E-state index >= 15 is 0 Å². The van der Waals surface area contributed by atoms with E-state index in [1.54, 1.807) is 18.3 Å². The molecule has 6 heteroatoms. The summed E-state index contributed by atoms with van der Waals surface area (Å²) in [6.07, 6.45) is 1.80. The minimum absolute atomic E-state index is 0.135. The van der Waals surface area contributed by atoms with Crippen LogP contribution in [0, 0.1) is 5.92 Å². The highest BCUT2D eigenvalue weighted by atomic mass is 16.5. The topological polar surface area (TPSA) is 91.4 Å². The number of carboxylic acid groups (broad SMARTS) is 1. The van der Waals surface area contributed by atoms with Crippen molar-refractivity contribution in [2.24, 2.45) is 5.92 Å². The van der Waals surface area contributed by atoms with Crippen LogP contribution in [0.5, 0.6) is 0 Å². The Hall–Kier alpha value is -2.34. The minimum atomic E-state index is -0.951. The summed E-state index contributed by atoms with van der Waals surface area (Å²) in [4.78, 5) is 26.2. The zero-order valence-corrected chi connectivity index (χ0v) is 10.6. The molecule has 1 aliphatic rings. The number of carbonyl (C=O) groups is 2. The Morgan fingerprint density at radius 1 is 1.30 bits per heavy atom. The van der Waals surface area contributed by atoms with Gasteiger partial charge in [0.2, 0.25) is 0 Å². The molecule has 0 bridgehead atoms. The molecule has 1 saturated heterocycles. The van der Waals surface area contributed by atoms with Crippen LogP contribution in [0.25, 0.3) is 10.9 Å². The quantitative estimate of drug-likeness (QED) is 0.778. The van der Waals surface area contributed by atoms with Crippen LogP contribution in [0.2, 0.25) is 0 Å². The number of aromatic nitrogens is 1. The number of hydrogen-bond donors (Lipinski definition) is 3. The fourth-order valence-corrected chi connectivity index (χ4v) is 2.38. The highest BCUT2D eigenvalue weighted by Gasteiger charge is 2.35. The van der Waals surface area contributed by atoms with Crippen LogP contribution in [-0.2, 0) is 9.53 Å². The van der Waals surface area contributed by atoms with Crippen LogP contribution in [0.15, 0.2) is 30.5 Å². The first kappa shape index (κ1) is 12.7. The van der Waals surface area contributed by atoms with Crippen molar-refractivity contribution in [3.05, 3.63) is 36.0 Å². The number of aromatic amines is 1. The molecule has 0 aliphatic carbocycles. The van der Waals surface area contributed by atoms with Crippen molar-refractivity contribution >= 4 is 22.8 Å². The number of aliphatic carboxylic acids is 1. The van der Waals surface area contributed by atoms with Crippen LogP contribution >= 0.6 is 0 Å². The Labute approximate surface area is 114 Å². The Morgan fingerprint density at radius 2 is 2.15 bits per heavy atom. The number of H-pyrrole nitrogens is 1. The summed E-state index contributed by atoms with van der Waals surface area (Å²) in [6.45, 7) is 0.364. The van der Waals surface area contributed by atoms with Crippen molar-refractivity contribution in [2.75, 3.05) is 13.2 Å². The number of amides is 1. The van der Waals surface area contributed by atoms with Gasteiger partial charge in [-0.15, -0.1) is 0 Å². The van der Waals surface area contributed by atoms with E-state index < -0.39 is 17.9 Å². The van der Waals surface area contributed by atoms with Gasteiger partial charge in [-0.2, -0.15) is 0 Å². The molecule has 2 unspecified atom stereocenters. The van der Waals surface area contributed by atoms with Gasteiger partial charge in [0.15, 0.2) is 0 Å². The van der Waals surface area contributed by atoms with Gasteiger partial charge in [-0.05, 0) is 23.6 Å². The van der Waals surface area contributed by atoms with Gasteiger partial charge >= 0.3 is 5.97 Å². The maximum atomic E-state index is 12.2. The molecule has 1 amide bonds. The van der Waals surface area contributed by atoms with E-state index in [4.69, 9.17) is 9.84 Å². The Kier molecular flexibility index (Phi) is 3.15. The Bertz CT molecular complexity index is 664. The van der Waals surface area contributed by atoms with Crippen LogP contribution in [-0.4, -0.2) is 41.2 Å². The first-order valence-corrected chi connectivity index (χ1v) is 6.34. The Balaban J connectivity index is 1.77. The van der Waals surface area contributed by atoms with Crippen molar-refractivity contribution in [1.29, 1.82) is 0 Å². The van der Waals surface area contributed by atoms with Crippen molar-refractivity contribution in [3.63, 3.8) is 0 Å². The summed E-state index contributed by atoms with van der Waals surface area (Å²) >= 11 is 0. The predicted molar refractivity (Wildman–Crippen MR) is 71.5 cm³/mol. The van der Waals surface area contributed by atoms with Gasteiger partial charge in [-0.25, -0.2) is 0 Å². The number of rotatable bonds is 3. The number of carbonyl (C=O) groups excluding carboxylic acids is 1. The lowest BCUT2D eigenvalue weighted by molar-refractivity contribution is -0.142. The molecule has 2 aromatic rings. The lowest BCUT2D eigenvalue weighted by Crippen LogP contribution is -2.42. The van der Waals surface area contributed by atoms with Gasteiger partial charge < -0.3 is 20.1 Å². The summed E-state index contributed by atoms with van der Waals surface area (Å²) in [5.41, 5.74) is 1.37. The fourth-order valence-electron chi connectivity index (χ4n) is 2.38.